The van der Waals surface area contributed by atoms with Crippen LogP contribution in [0.15, 0.2) is 10.7 Å². The average Bonchev–Trinajstić information content (AvgIpc) is 2.99. The van der Waals surface area contributed by atoms with Crippen molar-refractivity contribution in [1.82, 2.24) is 14.7 Å². The molecule has 1 aromatic rings. The van der Waals surface area contributed by atoms with E-state index in [0.717, 1.165) is 35.8 Å². The summed E-state index contributed by atoms with van der Waals surface area (Å²) in [6, 6.07) is 0.183. The number of aliphatic carboxylic acids is 1. The quantitative estimate of drug-likeness (QED) is 0.753. The fourth-order valence-electron chi connectivity index (χ4n) is 3.03. The minimum absolute atomic E-state index is 0.183. The zero-order chi connectivity index (χ0) is 14.6. The smallest absolute Gasteiger partial charge is 0.324 e. The molecule has 1 aliphatic rings. The standard InChI is InChI=1S/C13H21N3O2S2/c1-9(2)16-13(11(17)18)6-3-4-10(13)5-7-19-12-14-8-15-20-12/h8-10,16H,3-7H2,1-2H3,(H,17,18). The summed E-state index contributed by atoms with van der Waals surface area (Å²) in [5, 5.41) is 13.0. The number of hydrogen-bond acceptors (Lipinski definition) is 6. The van der Waals surface area contributed by atoms with Crippen LogP contribution in [0, 0.1) is 5.92 Å². The van der Waals surface area contributed by atoms with Crippen molar-refractivity contribution in [3.05, 3.63) is 6.33 Å². The van der Waals surface area contributed by atoms with Crippen LogP contribution in [0.2, 0.25) is 0 Å². The Labute approximate surface area is 127 Å². The Morgan fingerprint density at radius 3 is 3.10 bits per heavy atom. The molecule has 0 aliphatic heterocycles. The van der Waals surface area contributed by atoms with Gasteiger partial charge < -0.3 is 5.11 Å². The van der Waals surface area contributed by atoms with Crippen molar-refractivity contribution in [2.75, 3.05) is 5.75 Å². The van der Waals surface area contributed by atoms with Gasteiger partial charge in [0, 0.05) is 11.8 Å². The Morgan fingerprint density at radius 1 is 1.70 bits per heavy atom. The Balaban J connectivity index is 1.95. The first kappa shape index (κ1) is 15.7. The number of aromatic nitrogens is 2. The molecule has 7 heteroatoms. The van der Waals surface area contributed by atoms with Crippen molar-refractivity contribution in [3.8, 4) is 0 Å². The molecule has 5 nitrogen and oxygen atoms in total. The molecule has 0 radical (unpaired) electrons. The summed E-state index contributed by atoms with van der Waals surface area (Å²) in [4.78, 5) is 15.9. The molecule has 1 saturated carbocycles. The van der Waals surface area contributed by atoms with Gasteiger partial charge in [0.25, 0.3) is 0 Å². The molecular formula is C13H21N3O2S2. The Kier molecular flexibility index (Phi) is 5.40. The van der Waals surface area contributed by atoms with Gasteiger partial charge in [0.05, 0.1) is 0 Å². The van der Waals surface area contributed by atoms with Crippen molar-refractivity contribution in [2.45, 2.75) is 55.5 Å². The van der Waals surface area contributed by atoms with E-state index in [0.29, 0.717) is 0 Å². The summed E-state index contributed by atoms with van der Waals surface area (Å²) in [5.74, 6) is 0.395. The van der Waals surface area contributed by atoms with E-state index in [4.69, 9.17) is 0 Å². The maximum atomic E-state index is 11.8. The van der Waals surface area contributed by atoms with E-state index in [1.165, 1.54) is 11.5 Å². The van der Waals surface area contributed by atoms with Crippen LogP contribution in [0.4, 0.5) is 0 Å². The molecule has 1 aliphatic carbocycles. The summed E-state index contributed by atoms with van der Waals surface area (Å²) in [6.07, 6.45) is 5.16. The van der Waals surface area contributed by atoms with E-state index in [1.54, 1.807) is 18.1 Å². The highest BCUT2D eigenvalue weighted by molar-refractivity contribution is 8.00. The molecule has 0 bridgehead atoms. The fourth-order valence-corrected chi connectivity index (χ4v) is 4.60. The largest absolute Gasteiger partial charge is 0.480 e. The lowest BCUT2D eigenvalue weighted by Crippen LogP contribution is -2.57. The number of carboxylic acid groups (broad SMARTS) is 1. The van der Waals surface area contributed by atoms with Gasteiger partial charge in [-0.1, -0.05) is 18.2 Å². The molecule has 0 spiro atoms. The fraction of sp³-hybridized carbons (Fsp3) is 0.769. The van der Waals surface area contributed by atoms with Gasteiger partial charge in [-0.3, -0.25) is 10.1 Å². The second-order valence-electron chi connectivity index (χ2n) is 5.51. The molecule has 20 heavy (non-hydrogen) atoms. The number of nitrogens with one attached hydrogen (secondary N) is 1. The predicted octanol–water partition coefficient (Wildman–Crippen LogP) is 2.64. The summed E-state index contributed by atoms with van der Waals surface area (Å²) in [5.41, 5.74) is -0.740. The third-order valence-electron chi connectivity index (χ3n) is 3.78. The highest BCUT2D eigenvalue weighted by atomic mass is 32.2. The van der Waals surface area contributed by atoms with Gasteiger partial charge in [0.15, 0.2) is 4.34 Å². The van der Waals surface area contributed by atoms with E-state index in [-0.39, 0.29) is 12.0 Å². The number of carboxylic acids is 1. The topological polar surface area (TPSA) is 75.1 Å². The Bertz CT molecular complexity index is 439. The molecule has 0 amide bonds. The summed E-state index contributed by atoms with van der Waals surface area (Å²) in [7, 11) is 0. The van der Waals surface area contributed by atoms with E-state index >= 15 is 0 Å². The van der Waals surface area contributed by atoms with Crippen molar-refractivity contribution in [1.29, 1.82) is 0 Å². The minimum atomic E-state index is -0.740. The van der Waals surface area contributed by atoms with Crippen molar-refractivity contribution < 1.29 is 9.90 Å². The van der Waals surface area contributed by atoms with Gasteiger partial charge in [0.2, 0.25) is 0 Å². The molecular weight excluding hydrogens is 294 g/mol. The van der Waals surface area contributed by atoms with Crippen LogP contribution in [0.3, 0.4) is 0 Å². The molecule has 0 saturated heterocycles. The summed E-state index contributed by atoms with van der Waals surface area (Å²) in [6.45, 7) is 4.02. The second kappa shape index (κ2) is 6.87. The molecule has 1 aromatic heterocycles. The monoisotopic (exact) mass is 315 g/mol. The van der Waals surface area contributed by atoms with Gasteiger partial charge in [-0.2, -0.15) is 4.37 Å². The molecule has 1 heterocycles. The van der Waals surface area contributed by atoms with Gasteiger partial charge in [-0.05, 0) is 50.6 Å². The van der Waals surface area contributed by atoms with E-state index in [9.17, 15) is 9.90 Å². The zero-order valence-corrected chi connectivity index (χ0v) is 13.5. The van der Waals surface area contributed by atoms with Gasteiger partial charge in [-0.15, -0.1) is 0 Å². The van der Waals surface area contributed by atoms with Gasteiger partial charge >= 0.3 is 5.97 Å². The maximum Gasteiger partial charge on any atom is 0.324 e. The number of hydrogen-bond donors (Lipinski definition) is 2. The van der Waals surface area contributed by atoms with Crippen LogP contribution < -0.4 is 5.32 Å². The number of nitrogens with zero attached hydrogens (tertiary/aromatic N) is 2. The Hall–Kier alpha value is -0.660. The summed E-state index contributed by atoms with van der Waals surface area (Å²) < 4.78 is 4.93. The zero-order valence-electron chi connectivity index (χ0n) is 11.8. The van der Waals surface area contributed by atoms with Crippen LogP contribution in [-0.2, 0) is 4.79 Å². The van der Waals surface area contributed by atoms with Crippen molar-refractivity contribution >= 4 is 29.3 Å². The van der Waals surface area contributed by atoms with Crippen LogP contribution in [0.1, 0.15) is 39.5 Å². The molecule has 0 aromatic carbocycles. The van der Waals surface area contributed by atoms with Crippen molar-refractivity contribution in [2.24, 2.45) is 5.92 Å². The molecule has 112 valence electrons. The first-order valence-electron chi connectivity index (χ1n) is 6.95. The number of rotatable bonds is 7. The SMILES string of the molecule is CC(C)NC1(C(=O)O)CCCC1CCSc1ncns1. The summed E-state index contributed by atoms with van der Waals surface area (Å²) >= 11 is 3.06. The predicted molar refractivity (Wildman–Crippen MR) is 81.2 cm³/mol. The van der Waals surface area contributed by atoms with E-state index in [1.807, 2.05) is 13.8 Å². The van der Waals surface area contributed by atoms with Gasteiger partial charge in [-0.25, -0.2) is 4.98 Å². The molecule has 2 atom stereocenters. The highest BCUT2D eigenvalue weighted by Crippen LogP contribution is 2.39. The van der Waals surface area contributed by atoms with Crippen LogP contribution in [0.5, 0.6) is 0 Å². The van der Waals surface area contributed by atoms with Gasteiger partial charge in [0.1, 0.15) is 11.9 Å². The third kappa shape index (κ3) is 3.51. The molecule has 2 rings (SSSR count). The average molecular weight is 315 g/mol. The number of thioether (sulfide) groups is 1. The lowest BCUT2D eigenvalue weighted by molar-refractivity contribution is -0.147. The second-order valence-corrected chi connectivity index (χ2v) is 7.63. The van der Waals surface area contributed by atoms with Crippen molar-refractivity contribution in [3.63, 3.8) is 0 Å². The normalized spacial score (nSPS) is 26.2. The molecule has 2 N–H and O–H groups in total. The van der Waals surface area contributed by atoms with Crippen LogP contribution >= 0.6 is 23.3 Å². The number of carbonyl (C=O) groups is 1. The maximum absolute atomic E-state index is 11.8. The van der Waals surface area contributed by atoms with E-state index in [2.05, 4.69) is 14.7 Å². The highest BCUT2D eigenvalue weighted by Gasteiger charge is 2.48. The van der Waals surface area contributed by atoms with E-state index < -0.39 is 11.5 Å². The lowest BCUT2D eigenvalue weighted by atomic mass is 9.84. The molecule has 1 fully saturated rings. The third-order valence-corrected chi connectivity index (χ3v) is 5.61. The minimum Gasteiger partial charge on any atom is -0.480 e. The Morgan fingerprint density at radius 2 is 2.50 bits per heavy atom. The molecule has 2 unspecified atom stereocenters. The first-order valence-corrected chi connectivity index (χ1v) is 8.71. The van der Waals surface area contributed by atoms with Crippen LogP contribution in [-0.4, -0.2) is 37.8 Å². The first-order chi connectivity index (χ1) is 9.54. The van der Waals surface area contributed by atoms with Crippen LogP contribution in [0.25, 0.3) is 0 Å². The lowest BCUT2D eigenvalue weighted by Gasteiger charge is -2.34.